The summed E-state index contributed by atoms with van der Waals surface area (Å²) in [5.41, 5.74) is 0.665. The Hall–Kier alpha value is -2.36. The minimum absolute atomic E-state index is 0.170. The number of amides is 2. The van der Waals surface area contributed by atoms with Gasteiger partial charge in [0.15, 0.2) is 10.1 Å². The van der Waals surface area contributed by atoms with E-state index in [0.717, 1.165) is 0 Å². The molecule has 2 heterocycles. The number of halogens is 1. The van der Waals surface area contributed by atoms with Gasteiger partial charge in [-0.3, -0.25) is 14.9 Å². The molecule has 0 atom stereocenters. The van der Waals surface area contributed by atoms with E-state index in [1.807, 2.05) is 0 Å². The lowest BCUT2D eigenvalue weighted by Crippen LogP contribution is -2.13. The normalized spacial score (nSPS) is 10.4. The number of hydrogen-bond donors (Lipinski definition) is 2. The second-order valence-electron chi connectivity index (χ2n) is 4.65. The molecule has 0 fully saturated rings. The molecule has 0 aliphatic rings. The van der Waals surface area contributed by atoms with E-state index >= 15 is 0 Å². The molecule has 7 nitrogen and oxygen atoms in total. The summed E-state index contributed by atoms with van der Waals surface area (Å²) in [6.07, 6.45) is 1.41. The topological polar surface area (TPSA) is 97.1 Å². The van der Waals surface area contributed by atoms with Crippen molar-refractivity contribution in [1.82, 2.24) is 10.2 Å². The van der Waals surface area contributed by atoms with Crippen LogP contribution in [0.25, 0.3) is 0 Å². The molecule has 3 aromatic rings. The van der Waals surface area contributed by atoms with Gasteiger partial charge in [-0.1, -0.05) is 34.7 Å². The highest BCUT2D eigenvalue weighted by Crippen LogP contribution is 2.26. The van der Waals surface area contributed by atoms with Crippen molar-refractivity contribution in [3.8, 4) is 0 Å². The molecular weight excluding hydrogens is 384 g/mol. The first-order valence-electron chi connectivity index (χ1n) is 6.97. The van der Waals surface area contributed by atoms with Gasteiger partial charge in [0, 0.05) is 10.7 Å². The van der Waals surface area contributed by atoms with Gasteiger partial charge in [-0.2, -0.15) is 0 Å². The summed E-state index contributed by atoms with van der Waals surface area (Å²) < 4.78 is 5.57. The van der Waals surface area contributed by atoms with E-state index < -0.39 is 5.91 Å². The average molecular weight is 395 g/mol. The number of carbonyl (C=O) groups excluding carboxylic acids is 2. The number of thioether (sulfide) groups is 1. The second kappa shape index (κ2) is 8.15. The van der Waals surface area contributed by atoms with Crippen LogP contribution >= 0.6 is 34.7 Å². The molecule has 1 aromatic carbocycles. The number of carbonyl (C=O) groups is 2. The van der Waals surface area contributed by atoms with E-state index in [4.69, 9.17) is 16.0 Å². The van der Waals surface area contributed by atoms with Crippen molar-refractivity contribution in [2.24, 2.45) is 0 Å². The lowest BCUT2D eigenvalue weighted by molar-refractivity contribution is -0.113. The molecule has 0 saturated heterocycles. The number of benzene rings is 1. The zero-order chi connectivity index (χ0) is 17.6. The smallest absolute Gasteiger partial charge is 0.293 e. The first-order valence-corrected chi connectivity index (χ1v) is 9.15. The lowest BCUT2D eigenvalue weighted by atomic mass is 10.3. The van der Waals surface area contributed by atoms with Gasteiger partial charge in [-0.15, -0.1) is 10.2 Å². The summed E-state index contributed by atoms with van der Waals surface area (Å²) in [5, 5.41) is 14.1. The molecule has 0 saturated carbocycles. The van der Waals surface area contributed by atoms with Crippen molar-refractivity contribution in [1.29, 1.82) is 0 Å². The third-order valence-electron chi connectivity index (χ3n) is 2.83. The molecule has 2 amide bonds. The van der Waals surface area contributed by atoms with Crippen LogP contribution < -0.4 is 10.6 Å². The maximum absolute atomic E-state index is 11.9. The largest absolute Gasteiger partial charge is 0.459 e. The quantitative estimate of drug-likeness (QED) is 0.488. The summed E-state index contributed by atoms with van der Waals surface area (Å²) in [5.74, 6) is -0.225. The van der Waals surface area contributed by atoms with Crippen LogP contribution in [0.5, 0.6) is 0 Å². The monoisotopic (exact) mass is 394 g/mol. The summed E-state index contributed by atoms with van der Waals surface area (Å²) >= 11 is 8.20. The van der Waals surface area contributed by atoms with Crippen molar-refractivity contribution >= 4 is 57.3 Å². The zero-order valence-corrected chi connectivity index (χ0v) is 15.0. The van der Waals surface area contributed by atoms with Crippen LogP contribution in [0.2, 0.25) is 5.02 Å². The van der Waals surface area contributed by atoms with E-state index in [9.17, 15) is 9.59 Å². The first-order chi connectivity index (χ1) is 12.1. The van der Waals surface area contributed by atoms with Crippen LogP contribution in [-0.4, -0.2) is 27.8 Å². The molecule has 10 heteroatoms. The highest BCUT2D eigenvalue weighted by Gasteiger charge is 2.13. The van der Waals surface area contributed by atoms with Crippen LogP contribution in [0.15, 0.2) is 51.4 Å². The van der Waals surface area contributed by atoms with Gasteiger partial charge in [0.05, 0.1) is 12.0 Å². The van der Waals surface area contributed by atoms with E-state index in [1.54, 1.807) is 36.4 Å². The predicted octanol–water partition coefficient (Wildman–Crippen LogP) is 3.77. The zero-order valence-electron chi connectivity index (χ0n) is 12.6. The fourth-order valence-corrected chi connectivity index (χ4v) is 3.42. The molecular formula is C15H11ClN4O3S2. The van der Waals surface area contributed by atoms with Gasteiger partial charge in [-0.05, 0) is 36.4 Å². The van der Waals surface area contributed by atoms with Crippen molar-refractivity contribution in [2.75, 3.05) is 16.4 Å². The maximum atomic E-state index is 11.9. The Kier molecular flexibility index (Phi) is 5.69. The van der Waals surface area contributed by atoms with E-state index in [2.05, 4.69) is 20.8 Å². The number of furan rings is 1. The predicted molar refractivity (Wildman–Crippen MR) is 97.4 cm³/mol. The van der Waals surface area contributed by atoms with E-state index in [1.165, 1.54) is 29.4 Å². The van der Waals surface area contributed by atoms with Gasteiger partial charge in [0.2, 0.25) is 11.0 Å². The molecule has 0 aliphatic heterocycles. The standard InChI is InChI=1S/C15H11ClN4O3S2/c16-9-3-5-10(6-4-9)17-12(21)8-24-15-20-19-14(25-15)18-13(22)11-2-1-7-23-11/h1-7H,8H2,(H,17,21)(H,18,19,22). The van der Waals surface area contributed by atoms with Crippen molar-refractivity contribution in [2.45, 2.75) is 4.34 Å². The maximum Gasteiger partial charge on any atom is 0.293 e. The fourth-order valence-electron chi connectivity index (χ4n) is 1.74. The molecule has 0 spiro atoms. The number of nitrogens with one attached hydrogen (secondary N) is 2. The molecule has 0 aliphatic carbocycles. The number of nitrogens with zero attached hydrogens (tertiary/aromatic N) is 2. The molecule has 0 unspecified atom stereocenters. The third kappa shape index (κ3) is 5.05. The van der Waals surface area contributed by atoms with Crippen LogP contribution in [-0.2, 0) is 4.79 Å². The van der Waals surface area contributed by atoms with Gasteiger partial charge in [0.25, 0.3) is 5.91 Å². The van der Waals surface area contributed by atoms with Gasteiger partial charge in [-0.25, -0.2) is 0 Å². The minimum Gasteiger partial charge on any atom is -0.459 e. The summed E-state index contributed by atoms with van der Waals surface area (Å²) in [6.45, 7) is 0. The fraction of sp³-hybridized carbons (Fsp3) is 0.0667. The highest BCUT2D eigenvalue weighted by atomic mass is 35.5. The Morgan fingerprint density at radius 2 is 1.96 bits per heavy atom. The molecule has 3 rings (SSSR count). The molecule has 128 valence electrons. The van der Waals surface area contributed by atoms with Crippen molar-refractivity contribution in [3.05, 3.63) is 53.4 Å². The van der Waals surface area contributed by atoms with Crippen molar-refractivity contribution in [3.63, 3.8) is 0 Å². The minimum atomic E-state index is -0.404. The molecule has 25 heavy (non-hydrogen) atoms. The highest BCUT2D eigenvalue weighted by molar-refractivity contribution is 8.01. The Balaban J connectivity index is 1.49. The third-order valence-corrected chi connectivity index (χ3v) is 5.05. The van der Waals surface area contributed by atoms with Crippen LogP contribution in [0.1, 0.15) is 10.6 Å². The summed E-state index contributed by atoms with van der Waals surface area (Å²) in [7, 11) is 0. The number of anilines is 2. The van der Waals surface area contributed by atoms with Crippen LogP contribution in [0.4, 0.5) is 10.8 Å². The first kappa shape index (κ1) is 17.5. The molecule has 2 N–H and O–H groups in total. The van der Waals surface area contributed by atoms with Gasteiger partial charge >= 0.3 is 0 Å². The number of rotatable bonds is 6. The van der Waals surface area contributed by atoms with Crippen molar-refractivity contribution < 1.29 is 14.0 Å². The Bertz CT molecular complexity index is 865. The SMILES string of the molecule is O=C(CSc1nnc(NC(=O)c2ccco2)s1)Nc1ccc(Cl)cc1. The Morgan fingerprint density at radius 3 is 2.68 bits per heavy atom. The van der Waals surface area contributed by atoms with Gasteiger partial charge in [0.1, 0.15) is 0 Å². The van der Waals surface area contributed by atoms with Crippen LogP contribution in [0.3, 0.4) is 0 Å². The Labute approximate surface area is 155 Å². The summed E-state index contributed by atoms with van der Waals surface area (Å²) in [6, 6.07) is 10.0. The summed E-state index contributed by atoms with van der Waals surface area (Å²) in [4.78, 5) is 23.8. The molecule has 0 bridgehead atoms. The lowest BCUT2D eigenvalue weighted by Gasteiger charge is -2.03. The van der Waals surface area contributed by atoms with E-state index in [0.29, 0.717) is 20.2 Å². The molecule has 0 radical (unpaired) electrons. The second-order valence-corrected chi connectivity index (χ2v) is 7.28. The Morgan fingerprint density at radius 1 is 1.16 bits per heavy atom. The number of aromatic nitrogens is 2. The number of hydrogen-bond acceptors (Lipinski definition) is 7. The van der Waals surface area contributed by atoms with E-state index in [-0.39, 0.29) is 17.4 Å². The van der Waals surface area contributed by atoms with Crippen LogP contribution in [0, 0.1) is 0 Å². The van der Waals surface area contributed by atoms with Gasteiger partial charge < -0.3 is 9.73 Å². The average Bonchev–Trinajstić information content (AvgIpc) is 3.27. The molecule has 2 aromatic heterocycles.